The first kappa shape index (κ1) is 21.2. The van der Waals surface area contributed by atoms with Crippen molar-refractivity contribution in [1.29, 1.82) is 0 Å². The fraction of sp³-hybridized carbons (Fsp3) is 0.174. The fourth-order valence-corrected chi connectivity index (χ4v) is 2.62. The van der Waals surface area contributed by atoms with Crippen LogP contribution in [-0.4, -0.2) is 30.0 Å². The highest BCUT2D eigenvalue weighted by Crippen LogP contribution is 2.16. The highest BCUT2D eigenvalue weighted by Gasteiger charge is 1.97. The van der Waals surface area contributed by atoms with Crippen molar-refractivity contribution in [2.24, 2.45) is 5.73 Å². The maximum Gasteiger partial charge on any atom is 0.150 e. The average Bonchev–Trinajstić information content (AvgIpc) is 2.78. The van der Waals surface area contributed by atoms with Crippen LogP contribution in [0.1, 0.15) is 22.8 Å². The molecular weight excluding hydrogens is 350 g/mol. The predicted molar refractivity (Wildman–Crippen MR) is 114 cm³/mol. The van der Waals surface area contributed by atoms with E-state index in [1.807, 2.05) is 55.6 Å². The Morgan fingerprint density at radius 2 is 1.50 bits per heavy atom. The van der Waals surface area contributed by atoms with Gasteiger partial charge in [0.25, 0.3) is 0 Å². The largest absolute Gasteiger partial charge is 0.385 e. The van der Waals surface area contributed by atoms with E-state index in [9.17, 15) is 4.79 Å². The van der Waals surface area contributed by atoms with Gasteiger partial charge in [-0.15, -0.1) is 0 Å². The molecule has 2 aromatic carbocycles. The summed E-state index contributed by atoms with van der Waals surface area (Å²) in [5, 5.41) is 4.32. The Labute approximate surface area is 165 Å². The zero-order valence-corrected chi connectivity index (χ0v) is 16.2. The smallest absolute Gasteiger partial charge is 0.150 e. The summed E-state index contributed by atoms with van der Waals surface area (Å²) in [5.74, 6) is 0. The first-order valence-electron chi connectivity index (χ1n) is 9.03. The van der Waals surface area contributed by atoms with E-state index in [4.69, 9.17) is 5.73 Å². The molecule has 0 unspecified atom stereocenters. The molecule has 2 aromatic heterocycles. The third-order valence-electron chi connectivity index (χ3n) is 4.12. The molecule has 0 aliphatic carbocycles. The Morgan fingerprint density at radius 1 is 0.929 bits per heavy atom. The molecule has 0 aliphatic heterocycles. The molecule has 0 saturated carbocycles. The molecule has 0 saturated heterocycles. The molecule has 2 N–H and O–H groups in total. The Bertz CT molecular complexity index is 1010. The molecule has 28 heavy (non-hydrogen) atoms. The molecule has 4 aromatic rings. The van der Waals surface area contributed by atoms with E-state index in [1.54, 1.807) is 31.8 Å². The van der Waals surface area contributed by atoms with Gasteiger partial charge in [-0.1, -0.05) is 36.4 Å². The summed E-state index contributed by atoms with van der Waals surface area (Å²) < 4.78 is 4.54. The number of ether oxygens (including phenoxy) is 1. The van der Waals surface area contributed by atoms with E-state index in [1.165, 1.54) is 10.9 Å². The van der Waals surface area contributed by atoms with Crippen molar-refractivity contribution in [3.05, 3.63) is 84.4 Å². The Balaban J connectivity index is 0.000000169. The van der Waals surface area contributed by atoms with E-state index in [2.05, 4.69) is 14.7 Å². The summed E-state index contributed by atoms with van der Waals surface area (Å²) in [4.78, 5) is 18.6. The second-order valence-corrected chi connectivity index (χ2v) is 5.86. The number of carbonyl (C=O) groups is 1. The van der Waals surface area contributed by atoms with Gasteiger partial charge in [-0.2, -0.15) is 0 Å². The van der Waals surface area contributed by atoms with Crippen LogP contribution in [-0.2, 0) is 11.3 Å². The number of nitrogens with zero attached hydrogens (tertiary/aromatic N) is 2. The van der Waals surface area contributed by atoms with Gasteiger partial charge >= 0.3 is 0 Å². The van der Waals surface area contributed by atoms with Gasteiger partial charge in [0.05, 0.1) is 0 Å². The van der Waals surface area contributed by atoms with Gasteiger partial charge < -0.3 is 10.5 Å². The van der Waals surface area contributed by atoms with Crippen LogP contribution in [0.25, 0.3) is 21.5 Å². The molecule has 0 aliphatic rings. The number of hydrogen-bond donors (Lipinski definition) is 1. The Kier molecular flexibility index (Phi) is 8.72. The predicted octanol–water partition coefficient (Wildman–Crippen LogP) is 4.39. The minimum atomic E-state index is 0.585. The van der Waals surface area contributed by atoms with Crippen molar-refractivity contribution in [1.82, 2.24) is 9.97 Å². The van der Waals surface area contributed by atoms with E-state index in [0.29, 0.717) is 6.54 Å². The Hall–Kier alpha value is -3.15. The van der Waals surface area contributed by atoms with Gasteiger partial charge in [-0.3, -0.25) is 14.8 Å². The summed E-state index contributed by atoms with van der Waals surface area (Å²) >= 11 is 0. The van der Waals surface area contributed by atoms with E-state index in [-0.39, 0.29) is 0 Å². The number of aldehydes is 1. The van der Waals surface area contributed by atoms with Gasteiger partial charge in [-0.05, 0) is 35.4 Å². The average molecular weight is 375 g/mol. The highest BCUT2D eigenvalue weighted by atomic mass is 16.5. The van der Waals surface area contributed by atoms with Crippen molar-refractivity contribution < 1.29 is 9.53 Å². The van der Waals surface area contributed by atoms with Crippen molar-refractivity contribution in [3.8, 4) is 0 Å². The third-order valence-corrected chi connectivity index (χ3v) is 4.12. The quantitative estimate of drug-likeness (QED) is 0.537. The van der Waals surface area contributed by atoms with Crippen LogP contribution in [0.4, 0.5) is 0 Å². The standard InChI is InChI=1S/C10H10N2.C10H7NO.C3H8O/c11-6-8-2-1-3-9-7-12-5-4-10(8)9;12-7-9-3-1-2-8-6-11-5-4-10(8)9;1-3-4-2/h1-5,7H,6,11H2;1-7H;3H2,1-2H3. The van der Waals surface area contributed by atoms with E-state index >= 15 is 0 Å². The van der Waals surface area contributed by atoms with Crippen molar-refractivity contribution in [2.45, 2.75) is 13.5 Å². The van der Waals surface area contributed by atoms with Gasteiger partial charge in [-0.25, -0.2) is 0 Å². The third kappa shape index (κ3) is 5.67. The molecule has 0 bridgehead atoms. The van der Waals surface area contributed by atoms with Crippen LogP contribution in [0.3, 0.4) is 0 Å². The fourth-order valence-electron chi connectivity index (χ4n) is 2.62. The van der Waals surface area contributed by atoms with Crippen LogP contribution in [0, 0.1) is 0 Å². The summed E-state index contributed by atoms with van der Waals surface area (Å²) in [6.45, 7) is 3.36. The minimum absolute atomic E-state index is 0.585. The zero-order valence-electron chi connectivity index (χ0n) is 16.2. The number of rotatable bonds is 3. The van der Waals surface area contributed by atoms with Crippen LogP contribution < -0.4 is 5.73 Å². The van der Waals surface area contributed by atoms with Crippen LogP contribution in [0.15, 0.2) is 73.3 Å². The number of benzene rings is 2. The lowest BCUT2D eigenvalue weighted by molar-refractivity contribution is 0.112. The molecule has 0 radical (unpaired) electrons. The van der Waals surface area contributed by atoms with Crippen LogP contribution in [0.5, 0.6) is 0 Å². The van der Waals surface area contributed by atoms with Crippen molar-refractivity contribution in [2.75, 3.05) is 13.7 Å². The van der Waals surface area contributed by atoms with Crippen LogP contribution in [0.2, 0.25) is 0 Å². The van der Waals surface area contributed by atoms with Gasteiger partial charge in [0.2, 0.25) is 0 Å². The SMILES string of the molecule is CCOC.NCc1cccc2cnccc12.O=Cc1cccc2cnccc12. The molecule has 5 heteroatoms. The number of pyridine rings is 2. The lowest BCUT2D eigenvalue weighted by Crippen LogP contribution is -1.96. The number of fused-ring (bicyclic) bond motifs is 2. The topological polar surface area (TPSA) is 78.1 Å². The monoisotopic (exact) mass is 375 g/mol. The first-order chi connectivity index (χ1) is 13.7. The summed E-state index contributed by atoms with van der Waals surface area (Å²) in [5.41, 5.74) is 7.49. The number of hydrogen-bond acceptors (Lipinski definition) is 5. The molecule has 5 nitrogen and oxygen atoms in total. The zero-order chi connectivity index (χ0) is 20.2. The van der Waals surface area contributed by atoms with Gasteiger partial charge in [0.1, 0.15) is 0 Å². The van der Waals surface area contributed by atoms with Crippen molar-refractivity contribution in [3.63, 3.8) is 0 Å². The molecule has 0 amide bonds. The molecular formula is C23H25N3O2. The highest BCUT2D eigenvalue weighted by molar-refractivity contribution is 5.97. The Morgan fingerprint density at radius 3 is 2.07 bits per heavy atom. The van der Waals surface area contributed by atoms with E-state index < -0.39 is 0 Å². The van der Waals surface area contributed by atoms with Gasteiger partial charge in [0, 0.05) is 61.4 Å². The summed E-state index contributed by atoms with van der Waals surface area (Å²) in [7, 11) is 1.68. The lowest BCUT2D eigenvalue weighted by atomic mass is 10.1. The van der Waals surface area contributed by atoms with Crippen LogP contribution >= 0.6 is 0 Å². The number of aromatic nitrogens is 2. The number of carbonyl (C=O) groups excluding carboxylic acids is 1. The molecule has 0 spiro atoms. The van der Waals surface area contributed by atoms with Crippen molar-refractivity contribution >= 4 is 27.8 Å². The van der Waals surface area contributed by atoms with E-state index in [0.717, 1.165) is 34.6 Å². The number of methoxy groups -OCH3 is 1. The maximum atomic E-state index is 10.6. The second-order valence-electron chi connectivity index (χ2n) is 5.86. The number of nitrogens with two attached hydrogens (primary N) is 1. The lowest BCUT2D eigenvalue weighted by Gasteiger charge is -2.01. The second kappa shape index (κ2) is 11.5. The summed E-state index contributed by atoms with van der Waals surface area (Å²) in [6.07, 6.45) is 7.95. The molecule has 2 heterocycles. The molecule has 4 rings (SSSR count). The summed E-state index contributed by atoms with van der Waals surface area (Å²) in [6, 6.07) is 15.5. The molecule has 0 fully saturated rings. The van der Waals surface area contributed by atoms with Gasteiger partial charge in [0.15, 0.2) is 6.29 Å². The maximum absolute atomic E-state index is 10.6. The molecule has 0 atom stereocenters. The minimum Gasteiger partial charge on any atom is -0.385 e. The molecule has 144 valence electrons. The first-order valence-corrected chi connectivity index (χ1v) is 9.03. The normalized spacial score (nSPS) is 9.82.